The van der Waals surface area contributed by atoms with Gasteiger partial charge in [0.2, 0.25) is 5.65 Å². The van der Waals surface area contributed by atoms with Crippen LogP contribution in [0.3, 0.4) is 0 Å². The lowest BCUT2D eigenvalue weighted by molar-refractivity contribution is 0.122. The van der Waals surface area contributed by atoms with Gasteiger partial charge in [-0.25, -0.2) is 19.6 Å². The molecule has 0 aliphatic carbocycles. The number of morpholine rings is 1. The monoisotopic (exact) mass is 336 g/mol. The fraction of sp³-hybridized carbons (Fsp3) is 0.312. The molecule has 5 heterocycles. The summed E-state index contributed by atoms with van der Waals surface area (Å²) in [4.78, 5) is 15.6. The molecule has 0 aromatic carbocycles. The molecule has 1 saturated heterocycles. The Morgan fingerprint density at radius 1 is 1.12 bits per heavy atom. The summed E-state index contributed by atoms with van der Waals surface area (Å²) >= 11 is 0. The molecular formula is C16H16N8O. The minimum Gasteiger partial charge on any atom is -0.378 e. The molecule has 0 atom stereocenters. The molecular weight excluding hydrogens is 320 g/mol. The lowest BCUT2D eigenvalue weighted by Crippen LogP contribution is -2.36. The first-order chi connectivity index (χ1) is 12.4. The van der Waals surface area contributed by atoms with Crippen molar-refractivity contribution >= 4 is 22.8 Å². The topological polar surface area (TPSA) is 86.3 Å². The zero-order chi connectivity index (χ0) is 16.6. The molecule has 4 aromatic heterocycles. The quantitative estimate of drug-likeness (QED) is 0.546. The van der Waals surface area contributed by atoms with Crippen LogP contribution in [0.2, 0.25) is 0 Å². The number of aromatic nitrogens is 7. The minimum absolute atomic E-state index is 0.556. The van der Waals surface area contributed by atoms with Crippen molar-refractivity contribution in [3.05, 3.63) is 42.5 Å². The first-order valence-electron chi connectivity index (χ1n) is 8.17. The van der Waals surface area contributed by atoms with Crippen LogP contribution >= 0.6 is 0 Å². The molecule has 0 bridgehead atoms. The maximum atomic E-state index is 5.40. The van der Waals surface area contributed by atoms with E-state index in [1.54, 1.807) is 17.1 Å². The van der Waals surface area contributed by atoms with Crippen molar-refractivity contribution in [1.29, 1.82) is 0 Å². The zero-order valence-corrected chi connectivity index (χ0v) is 13.5. The van der Waals surface area contributed by atoms with E-state index in [2.05, 4.69) is 25.2 Å². The largest absolute Gasteiger partial charge is 0.378 e. The van der Waals surface area contributed by atoms with Gasteiger partial charge in [-0.3, -0.25) is 0 Å². The Labute approximate surface area is 142 Å². The molecule has 126 valence electrons. The first kappa shape index (κ1) is 14.3. The average molecular weight is 336 g/mol. The van der Waals surface area contributed by atoms with Gasteiger partial charge >= 0.3 is 0 Å². The van der Waals surface area contributed by atoms with Crippen LogP contribution in [0.25, 0.3) is 16.9 Å². The van der Waals surface area contributed by atoms with Gasteiger partial charge in [0.1, 0.15) is 11.5 Å². The number of hydrogen-bond acceptors (Lipinski definition) is 7. The fourth-order valence-electron chi connectivity index (χ4n) is 3.03. The van der Waals surface area contributed by atoms with Crippen LogP contribution in [0, 0.1) is 0 Å². The summed E-state index contributed by atoms with van der Waals surface area (Å²) in [5.41, 5.74) is 3.26. The number of pyridine rings is 1. The molecule has 4 aromatic rings. The van der Waals surface area contributed by atoms with Gasteiger partial charge in [-0.05, 0) is 11.6 Å². The number of nitrogens with zero attached hydrogens (tertiary/aromatic N) is 8. The molecule has 25 heavy (non-hydrogen) atoms. The van der Waals surface area contributed by atoms with Crippen LogP contribution in [0.15, 0.2) is 36.9 Å². The van der Waals surface area contributed by atoms with Crippen LogP contribution in [-0.2, 0) is 11.3 Å². The van der Waals surface area contributed by atoms with E-state index in [0.717, 1.165) is 30.1 Å². The molecule has 0 radical (unpaired) electrons. The molecule has 9 nitrogen and oxygen atoms in total. The second-order valence-electron chi connectivity index (χ2n) is 5.95. The molecule has 9 heteroatoms. The summed E-state index contributed by atoms with van der Waals surface area (Å²) in [6.07, 6.45) is 7.50. The number of hydrogen-bond donors (Lipinski definition) is 0. The van der Waals surface area contributed by atoms with Crippen molar-refractivity contribution in [2.24, 2.45) is 0 Å². The molecule has 1 aliphatic heterocycles. The van der Waals surface area contributed by atoms with E-state index in [9.17, 15) is 0 Å². The summed E-state index contributed by atoms with van der Waals surface area (Å²) in [5, 5.41) is 8.35. The SMILES string of the molecule is c1cn2cc(Cn3nnc4ncc(N5CCOCC5)nc43)ccc2n1. The molecule has 0 saturated carbocycles. The van der Waals surface area contributed by atoms with Crippen LogP contribution in [0.5, 0.6) is 0 Å². The highest BCUT2D eigenvalue weighted by Crippen LogP contribution is 2.16. The van der Waals surface area contributed by atoms with Crippen molar-refractivity contribution in [2.45, 2.75) is 6.54 Å². The number of imidazole rings is 1. The Bertz CT molecular complexity index is 1030. The van der Waals surface area contributed by atoms with Gasteiger partial charge in [-0.15, -0.1) is 5.10 Å². The van der Waals surface area contributed by atoms with Gasteiger partial charge in [-0.1, -0.05) is 11.3 Å². The zero-order valence-electron chi connectivity index (χ0n) is 13.5. The number of rotatable bonds is 3. The summed E-state index contributed by atoms with van der Waals surface area (Å²) in [6.45, 7) is 3.63. The Balaban J connectivity index is 1.49. The fourth-order valence-corrected chi connectivity index (χ4v) is 3.03. The predicted octanol–water partition coefficient (Wildman–Crippen LogP) is 0.754. The third kappa shape index (κ3) is 2.58. The van der Waals surface area contributed by atoms with E-state index in [1.165, 1.54) is 0 Å². The van der Waals surface area contributed by atoms with Crippen molar-refractivity contribution in [1.82, 2.24) is 34.3 Å². The molecule has 1 fully saturated rings. The standard InChI is InChI=1S/C16H16N8O/c1-2-13-17-3-4-23(13)10-12(1)11-24-16-15(20-21-24)18-9-14(19-16)22-5-7-25-8-6-22/h1-4,9-10H,5-8,11H2. The van der Waals surface area contributed by atoms with E-state index in [0.29, 0.717) is 31.1 Å². The van der Waals surface area contributed by atoms with E-state index in [-0.39, 0.29) is 0 Å². The Morgan fingerprint density at radius 3 is 2.96 bits per heavy atom. The van der Waals surface area contributed by atoms with Crippen molar-refractivity contribution < 1.29 is 4.74 Å². The summed E-state index contributed by atoms with van der Waals surface area (Å²) in [6, 6.07) is 4.02. The summed E-state index contributed by atoms with van der Waals surface area (Å²) in [7, 11) is 0. The molecule has 0 spiro atoms. The maximum Gasteiger partial charge on any atom is 0.221 e. The number of anilines is 1. The maximum absolute atomic E-state index is 5.40. The number of fused-ring (bicyclic) bond motifs is 2. The summed E-state index contributed by atoms with van der Waals surface area (Å²) in [5.74, 6) is 0.837. The Kier molecular flexibility index (Phi) is 3.30. The first-order valence-corrected chi connectivity index (χ1v) is 8.17. The van der Waals surface area contributed by atoms with Crippen LogP contribution in [0.1, 0.15) is 5.56 Å². The van der Waals surface area contributed by atoms with Crippen LogP contribution in [0.4, 0.5) is 5.82 Å². The number of ether oxygens (including phenoxy) is 1. The van der Waals surface area contributed by atoms with Crippen molar-refractivity contribution in [3.63, 3.8) is 0 Å². The molecule has 1 aliphatic rings. The Hall–Kier alpha value is -3.07. The molecule has 5 rings (SSSR count). The molecule has 0 unspecified atom stereocenters. The minimum atomic E-state index is 0.556. The lowest BCUT2D eigenvalue weighted by atomic mass is 10.3. The second kappa shape index (κ2) is 5.78. The third-order valence-electron chi connectivity index (χ3n) is 4.33. The molecule has 0 amide bonds. The van der Waals surface area contributed by atoms with Gasteiger partial charge in [-0.2, -0.15) is 0 Å². The predicted molar refractivity (Wildman–Crippen MR) is 90.4 cm³/mol. The van der Waals surface area contributed by atoms with Gasteiger partial charge in [0.05, 0.1) is 26.0 Å². The van der Waals surface area contributed by atoms with Gasteiger partial charge in [0.25, 0.3) is 0 Å². The average Bonchev–Trinajstić information content (AvgIpc) is 3.29. The molecule has 0 N–H and O–H groups in total. The van der Waals surface area contributed by atoms with Crippen molar-refractivity contribution in [2.75, 3.05) is 31.2 Å². The lowest BCUT2D eigenvalue weighted by Gasteiger charge is -2.27. The van der Waals surface area contributed by atoms with Crippen LogP contribution in [-0.4, -0.2) is 60.6 Å². The van der Waals surface area contributed by atoms with E-state index < -0.39 is 0 Å². The Morgan fingerprint density at radius 2 is 2.04 bits per heavy atom. The van der Waals surface area contributed by atoms with Gasteiger partial charge < -0.3 is 14.0 Å². The van der Waals surface area contributed by atoms with Crippen LogP contribution < -0.4 is 4.90 Å². The summed E-state index contributed by atoms with van der Waals surface area (Å²) < 4.78 is 9.17. The highest BCUT2D eigenvalue weighted by atomic mass is 16.5. The smallest absolute Gasteiger partial charge is 0.221 e. The second-order valence-corrected chi connectivity index (χ2v) is 5.95. The highest BCUT2D eigenvalue weighted by Gasteiger charge is 2.16. The van der Waals surface area contributed by atoms with E-state index in [1.807, 2.05) is 28.9 Å². The van der Waals surface area contributed by atoms with Crippen molar-refractivity contribution in [3.8, 4) is 0 Å². The normalized spacial score (nSPS) is 15.3. The van der Waals surface area contributed by atoms with Gasteiger partial charge in [0, 0.05) is 31.7 Å². The highest BCUT2D eigenvalue weighted by molar-refractivity contribution is 5.66. The van der Waals surface area contributed by atoms with Gasteiger partial charge in [0.15, 0.2) is 5.65 Å². The third-order valence-corrected chi connectivity index (χ3v) is 4.33. The van der Waals surface area contributed by atoms with E-state index >= 15 is 0 Å². The van der Waals surface area contributed by atoms with E-state index in [4.69, 9.17) is 9.72 Å².